The van der Waals surface area contributed by atoms with Gasteiger partial charge in [-0.15, -0.1) is 23.1 Å². The third-order valence-corrected chi connectivity index (χ3v) is 4.87. The van der Waals surface area contributed by atoms with Gasteiger partial charge >= 0.3 is 5.97 Å². The smallest absolute Gasteiger partial charge is 0.346 e. The molecule has 4 nitrogen and oxygen atoms in total. The Morgan fingerprint density at radius 1 is 1.53 bits per heavy atom. The highest BCUT2D eigenvalue weighted by Gasteiger charge is 2.23. The Bertz CT molecular complexity index is 571. The fourth-order valence-corrected chi connectivity index (χ4v) is 3.54. The van der Waals surface area contributed by atoms with Crippen LogP contribution in [0.25, 0.3) is 11.3 Å². The molecule has 2 aromatic heterocycles. The summed E-state index contributed by atoms with van der Waals surface area (Å²) in [4.78, 5) is 11.5. The Morgan fingerprint density at radius 2 is 2.24 bits per heavy atom. The van der Waals surface area contributed by atoms with Crippen LogP contribution in [0.3, 0.4) is 0 Å². The largest absolute Gasteiger partial charge is 0.477 e. The van der Waals surface area contributed by atoms with Crippen LogP contribution in [0.15, 0.2) is 14.9 Å². The summed E-state index contributed by atoms with van der Waals surface area (Å²) >= 11 is 2.80. The SMILES string of the molecule is CSc1sc(C(=O)O)c(C)c1-c1oncc1C. The van der Waals surface area contributed by atoms with Gasteiger partial charge in [0.2, 0.25) is 0 Å². The van der Waals surface area contributed by atoms with E-state index in [4.69, 9.17) is 9.63 Å². The number of aromatic carboxylic acids is 1. The van der Waals surface area contributed by atoms with Gasteiger partial charge in [-0.1, -0.05) is 5.16 Å². The Balaban J connectivity index is 2.68. The van der Waals surface area contributed by atoms with Crippen LogP contribution in [0.1, 0.15) is 20.8 Å². The first-order valence-corrected chi connectivity index (χ1v) is 6.92. The molecule has 0 unspecified atom stereocenters. The maximum atomic E-state index is 11.1. The van der Waals surface area contributed by atoms with Crippen molar-refractivity contribution in [2.45, 2.75) is 18.1 Å². The molecule has 0 aliphatic heterocycles. The Morgan fingerprint density at radius 3 is 2.71 bits per heavy atom. The molecule has 0 saturated heterocycles. The minimum Gasteiger partial charge on any atom is -0.477 e. The third-order valence-electron chi connectivity index (χ3n) is 2.47. The van der Waals surface area contributed by atoms with E-state index in [1.165, 1.54) is 23.1 Å². The number of hydrogen-bond donors (Lipinski definition) is 1. The lowest BCUT2D eigenvalue weighted by Gasteiger charge is -1.99. The highest BCUT2D eigenvalue weighted by atomic mass is 32.2. The molecule has 0 aromatic carbocycles. The van der Waals surface area contributed by atoms with Gasteiger partial charge < -0.3 is 9.63 Å². The van der Waals surface area contributed by atoms with Crippen molar-refractivity contribution in [3.05, 3.63) is 22.2 Å². The Kier molecular flexibility index (Phi) is 3.26. The highest BCUT2D eigenvalue weighted by Crippen LogP contribution is 2.42. The quantitative estimate of drug-likeness (QED) is 0.865. The lowest BCUT2D eigenvalue weighted by Crippen LogP contribution is -1.94. The van der Waals surface area contributed by atoms with E-state index in [1.54, 1.807) is 13.1 Å². The van der Waals surface area contributed by atoms with E-state index in [9.17, 15) is 4.79 Å². The maximum absolute atomic E-state index is 11.1. The third kappa shape index (κ3) is 1.98. The molecule has 0 spiro atoms. The van der Waals surface area contributed by atoms with Crippen molar-refractivity contribution in [3.63, 3.8) is 0 Å². The van der Waals surface area contributed by atoms with E-state index in [0.717, 1.165) is 20.9 Å². The van der Waals surface area contributed by atoms with Gasteiger partial charge in [-0.05, 0) is 25.7 Å². The van der Waals surface area contributed by atoms with Crippen LogP contribution in [-0.2, 0) is 0 Å². The maximum Gasteiger partial charge on any atom is 0.346 e. The average Bonchev–Trinajstić information content (AvgIpc) is 2.82. The van der Waals surface area contributed by atoms with Gasteiger partial charge in [0.1, 0.15) is 4.88 Å². The molecule has 0 fully saturated rings. The first-order valence-electron chi connectivity index (χ1n) is 4.88. The number of hydrogen-bond acceptors (Lipinski definition) is 5. The van der Waals surface area contributed by atoms with E-state index in [-0.39, 0.29) is 0 Å². The molecule has 0 aliphatic rings. The van der Waals surface area contributed by atoms with E-state index in [1.807, 2.05) is 13.2 Å². The summed E-state index contributed by atoms with van der Waals surface area (Å²) in [5, 5.41) is 12.9. The summed E-state index contributed by atoms with van der Waals surface area (Å²) in [6.45, 7) is 3.70. The van der Waals surface area contributed by atoms with Crippen LogP contribution in [0, 0.1) is 13.8 Å². The van der Waals surface area contributed by atoms with Gasteiger partial charge in [0.15, 0.2) is 5.76 Å². The summed E-state index contributed by atoms with van der Waals surface area (Å²) in [7, 11) is 0. The number of thioether (sulfide) groups is 1. The Hall–Kier alpha value is -1.27. The molecule has 1 N–H and O–H groups in total. The molecule has 6 heteroatoms. The average molecular weight is 269 g/mol. The second kappa shape index (κ2) is 4.54. The van der Waals surface area contributed by atoms with Crippen molar-refractivity contribution >= 4 is 29.1 Å². The second-order valence-corrected chi connectivity index (χ2v) is 5.66. The molecule has 0 amide bonds. The van der Waals surface area contributed by atoms with Crippen molar-refractivity contribution in [1.29, 1.82) is 0 Å². The monoisotopic (exact) mass is 269 g/mol. The van der Waals surface area contributed by atoms with E-state index >= 15 is 0 Å². The normalized spacial score (nSPS) is 10.8. The number of rotatable bonds is 3. The van der Waals surface area contributed by atoms with Crippen molar-refractivity contribution in [1.82, 2.24) is 5.16 Å². The molecule has 0 saturated carbocycles. The number of carboxylic acid groups (broad SMARTS) is 1. The van der Waals surface area contributed by atoms with E-state index in [2.05, 4.69) is 5.16 Å². The second-order valence-electron chi connectivity index (χ2n) is 3.57. The van der Waals surface area contributed by atoms with Crippen molar-refractivity contribution in [2.75, 3.05) is 6.26 Å². The predicted molar refractivity (Wildman–Crippen MR) is 68.0 cm³/mol. The van der Waals surface area contributed by atoms with Gasteiger partial charge in [0, 0.05) is 11.1 Å². The minimum atomic E-state index is -0.897. The lowest BCUT2D eigenvalue weighted by atomic mass is 10.1. The summed E-state index contributed by atoms with van der Waals surface area (Å²) in [6, 6.07) is 0. The number of nitrogens with zero attached hydrogens (tertiary/aromatic N) is 1. The standard InChI is InChI=1S/C11H11NO3S2/c1-5-4-12-15-8(5)7-6(2)9(10(13)14)17-11(7)16-3/h4H,1-3H3,(H,13,14). The van der Waals surface area contributed by atoms with Gasteiger partial charge in [-0.25, -0.2) is 4.79 Å². The van der Waals surface area contributed by atoms with Crippen LogP contribution < -0.4 is 0 Å². The first kappa shape index (κ1) is 12.2. The molecule has 90 valence electrons. The van der Waals surface area contributed by atoms with Gasteiger partial charge in [-0.3, -0.25) is 0 Å². The van der Waals surface area contributed by atoms with Gasteiger partial charge in [0.05, 0.1) is 10.4 Å². The molecular formula is C11H11NO3S2. The zero-order chi connectivity index (χ0) is 12.6. The fraction of sp³-hybridized carbons (Fsp3) is 0.273. The predicted octanol–water partition coefficient (Wildman–Crippen LogP) is 3.44. The summed E-state index contributed by atoms with van der Waals surface area (Å²) in [5.74, 6) is -0.234. The number of carboxylic acids is 1. The van der Waals surface area contributed by atoms with Crippen LogP contribution in [0.4, 0.5) is 0 Å². The van der Waals surface area contributed by atoms with Crippen LogP contribution in [0.2, 0.25) is 0 Å². The number of thiophene rings is 1. The Labute approximate surface area is 107 Å². The van der Waals surface area contributed by atoms with Crippen LogP contribution in [-0.4, -0.2) is 22.5 Å². The zero-order valence-electron chi connectivity index (χ0n) is 9.60. The summed E-state index contributed by atoms with van der Waals surface area (Å²) < 4.78 is 6.16. The molecule has 2 rings (SSSR count). The minimum absolute atomic E-state index is 0.361. The van der Waals surface area contributed by atoms with Crippen LogP contribution >= 0.6 is 23.1 Å². The molecule has 0 radical (unpaired) electrons. The van der Waals surface area contributed by atoms with Crippen molar-refractivity contribution in [3.8, 4) is 11.3 Å². The van der Waals surface area contributed by atoms with E-state index in [0.29, 0.717) is 10.6 Å². The molecule has 2 aromatic rings. The van der Waals surface area contributed by atoms with E-state index < -0.39 is 5.97 Å². The molecule has 17 heavy (non-hydrogen) atoms. The van der Waals surface area contributed by atoms with Gasteiger partial charge in [0.25, 0.3) is 0 Å². The summed E-state index contributed by atoms with van der Waals surface area (Å²) in [6.07, 6.45) is 3.56. The number of aromatic nitrogens is 1. The zero-order valence-corrected chi connectivity index (χ0v) is 11.2. The lowest BCUT2D eigenvalue weighted by molar-refractivity contribution is 0.0701. The molecule has 0 bridgehead atoms. The molecule has 0 atom stereocenters. The molecule has 2 heterocycles. The molecule has 0 aliphatic carbocycles. The fourth-order valence-electron chi connectivity index (χ4n) is 1.63. The van der Waals surface area contributed by atoms with Crippen molar-refractivity contribution in [2.24, 2.45) is 0 Å². The topological polar surface area (TPSA) is 63.3 Å². The highest BCUT2D eigenvalue weighted by molar-refractivity contribution is 8.00. The molecular weight excluding hydrogens is 258 g/mol. The number of aryl methyl sites for hydroxylation is 1. The van der Waals surface area contributed by atoms with Crippen LogP contribution in [0.5, 0.6) is 0 Å². The number of carbonyl (C=O) groups is 1. The first-order chi connectivity index (χ1) is 8.06. The van der Waals surface area contributed by atoms with Gasteiger partial charge in [-0.2, -0.15) is 0 Å². The summed E-state index contributed by atoms with van der Waals surface area (Å²) in [5.41, 5.74) is 2.51. The van der Waals surface area contributed by atoms with Crippen molar-refractivity contribution < 1.29 is 14.4 Å².